The number of nitrogens with zero attached hydrogens (tertiary/aromatic N) is 2. The first-order chi connectivity index (χ1) is 6.76. The number of aromatic nitrogens is 1. The highest BCUT2D eigenvalue weighted by Gasteiger charge is 2.28. The molecule has 2 rings (SSSR count). The van der Waals surface area contributed by atoms with Gasteiger partial charge in [0.2, 0.25) is 0 Å². The highest BCUT2D eigenvalue weighted by molar-refractivity contribution is 7.15. The Bertz CT molecular complexity index is 298. The van der Waals surface area contributed by atoms with Gasteiger partial charge in [0.15, 0.2) is 5.13 Å². The summed E-state index contributed by atoms with van der Waals surface area (Å²) in [6.45, 7) is 2.20. The van der Waals surface area contributed by atoms with Gasteiger partial charge in [-0.25, -0.2) is 4.98 Å². The van der Waals surface area contributed by atoms with E-state index >= 15 is 0 Å². The topological polar surface area (TPSA) is 36.4 Å². The fourth-order valence-corrected chi connectivity index (χ4v) is 2.58. The third-order valence-corrected chi connectivity index (χ3v) is 3.81. The number of hydrogen-bond donors (Lipinski definition) is 1. The molecule has 1 aromatic heterocycles. The minimum absolute atomic E-state index is 0.124. The molecule has 0 amide bonds. The molecular weight excluding hydrogens is 196 g/mol. The molecule has 1 aliphatic rings. The van der Waals surface area contributed by atoms with Crippen LogP contribution < -0.4 is 4.90 Å². The summed E-state index contributed by atoms with van der Waals surface area (Å²) in [5.41, 5.74) is 1.06. The molecule has 14 heavy (non-hydrogen) atoms. The molecule has 0 saturated heterocycles. The van der Waals surface area contributed by atoms with Crippen molar-refractivity contribution in [2.75, 3.05) is 11.9 Å². The number of aryl methyl sites for hydroxylation is 1. The van der Waals surface area contributed by atoms with Crippen LogP contribution in [0.15, 0.2) is 0 Å². The van der Waals surface area contributed by atoms with Crippen LogP contribution in [0.1, 0.15) is 30.3 Å². The van der Waals surface area contributed by atoms with Gasteiger partial charge in [0.25, 0.3) is 0 Å². The molecule has 78 valence electrons. The van der Waals surface area contributed by atoms with Crippen LogP contribution in [0.2, 0.25) is 0 Å². The first-order valence-electron chi connectivity index (χ1n) is 5.08. The lowest BCUT2D eigenvalue weighted by Crippen LogP contribution is -2.18. The average molecular weight is 212 g/mol. The summed E-state index contributed by atoms with van der Waals surface area (Å²) in [6, 6.07) is 0.692. The third kappa shape index (κ3) is 1.77. The van der Waals surface area contributed by atoms with Crippen LogP contribution in [0.25, 0.3) is 0 Å². The van der Waals surface area contributed by atoms with Gasteiger partial charge in [-0.2, -0.15) is 0 Å². The fourth-order valence-electron chi connectivity index (χ4n) is 1.54. The Balaban J connectivity index is 2.20. The molecule has 0 unspecified atom stereocenters. The first kappa shape index (κ1) is 9.93. The second-order valence-electron chi connectivity index (χ2n) is 3.72. The zero-order valence-corrected chi connectivity index (χ0v) is 9.47. The van der Waals surface area contributed by atoms with E-state index in [1.807, 2.05) is 0 Å². The Morgan fingerprint density at radius 1 is 1.57 bits per heavy atom. The second kappa shape index (κ2) is 3.87. The van der Waals surface area contributed by atoms with Crippen LogP contribution >= 0.6 is 11.3 Å². The number of rotatable bonds is 4. The van der Waals surface area contributed by atoms with E-state index in [-0.39, 0.29) is 6.61 Å². The number of aliphatic hydroxyl groups excluding tert-OH is 1. The van der Waals surface area contributed by atoms with Crippen molar-refractivity contribution in [3.05, 3.63) is 10.6 Å². The molecule has 0 aromatic carbocycles. The zero-order valence-electron chi connectivity index (χ0n) is 8.66. The summed E-state index contributed by atoms with van der Waals surface area (Å²) in [7, 11) is 2.09. The van der Waals surface area contributed by atoms with Crippen molar-refractivity contribution in [3.63, 3.8) is 0 Å². The quantitative estimate of drug-likeness (QED) is 0.826. The van der Waals surface area contributed by atoms with Gasteiger partial charge in [0, 0.05) is 13.1 Å². The van der Waals surface area contributed by atoms with Crippen LogP contribution in [0, 0.1) is 0 Å². The Morgan fingerprint density at radius 3 is 2.71 bits per heavy atom. The van der Waals surface area contributed by atoms with Crippen LogP contribution in [0.4, 0.5) is 5.13 Å². The Labute approximate surface area is 88.4 Å². The van der Waals surface area contributed by atoms with E-state index in [9.17, 15) is 0 Å². The highest BCUT2D eigenvalue weighted by atomic mass is 32.1. The van der Waals surface area contributed by atoms with Crippen LogP contribution in [0.5, 0.6) is 0 Å². The predicted octanol–water partition coefficient (Wildman–Crippen LogP) is 1.80. The lowest BCUT2D eigenvalue weighted by Gasteiger charge is -2.13. The lowest BCUT2D eigenvalue weighted by atomic mass is 10.3. The molecule has 0 atom stereocenters. The molecule has 1 saturated carbocycles. The molecule has 0 spiro atoms. The molecule has 1 N–H and O–H groups in total. The maximum absolute atomic E-state index is 9.15. The van der Waals surface area contributed by atoms with Crippen molar-refractivity contribution in [2.24, 2.45) is 0 Å². The van der Waals surface area contributed by atoms with Crippen molar-refractivity contribution < 1.29 is 5.11 Å². The number of aliphatic hydroxyl groups is 1. The minimum atomic E-state index is 0.124. The summed E-state index contributed by atoms with van der Waals surface area (Å²) in [5.74, 6) is 0. The Kier molecular flexibility index (Phi) is 2.74. The van der Waals surface area contributed by atoms with E-state index < -0.39 is 0 Å². The maximum atomic E-state index is 9.15. The lowest BCUT2D eigenvalue weighted by molar-refractivity contribution is 0.284. The van der Waals surface area contributed by atoms with Crippen LogP contribution in [-0.2, 0) is 13.0 Å². The molecule has 1 fully saturated rings. The van der Waals surface area contributed by atoms with Crippen molar-refractivity contribution in [1.29, 1.82) is 0 Å². The number of hydrogen-bond acceptors (Lipinski definition) is 4. The summed E-state index contributed by atoms with van der Waals surface area (Å²) >= 11 is 1.63. The molecule has 0 radical (unpaired) electrons. The molecule has 0 bridgehead atoms. The molecule has 3 nitrogen and oxygen atoms in total. The molecule has 1 aromatic rings. The van der Waals surface area contributed by atoms with E-state index in [2.05, 4.69) is 23.9 Å². The normalized spacial score (nSPS) is 15.9. The second-order valence-corrected chi connectivity index (χ2v) is 4.78. The molecular formula is C10H16N2OS. The van der Waals surface area contributed by atoms with E-state index in [0.717, 1.165) is 22.1 Å². The smallest absolute Gasteiger partial charge is 0.185 e. The van der Waals surface area contributed by atoms with E-state index in [4.69, 9.17) is 5.11 Å². The monoisotopic (exact) mass is 212 g/mol. The highest BCUT2D eigenvalue weighted by Crippen LogP contribution is 2.34. The molecule has 1 aliphatic carbocycles. The summed E-state index contributed by atoms with van der Waals surface area (Å²) in [5, 5.41) is 10.2. The fraction of sp³-hybridized carbons (Fsp3) is 0.700. The van der Waals surface area contributed by atoms with Crippen molar-refractivity contribution in [2.45, 2.75) is 38.8 Å². The van der Waals surface area contributed by atoms with Crippen molar-refractivity contribution in [3.8, 4) is 0 Å². The van der Waals surface area contributed by atoms with Gasteiger partial charge in [0.05, 0.1) is 17.2 Å². The van der Waals surface area contributed by atoms with E-state index in [0.29, 0.717) is 6.04 Å². The van der Waals surface area contributed by atoms with E-state index in [1.165, 1.54) is 12.8 Å². The van der Waals surface area contributed by atoms with Gasteiger partial charge in [-0.15, -0.1) is 0 Å². The molecule has 1 heterocycles. The van der Waals surface area contributed by atoms with Crippen LogP contribution in [-0.4, -0.2) is 23.2 Å². The van der Waals surface area contributed by atoms with Gasteiger partial charge >= 0.3 is 0 Å². The van der Waals surface area contributed by atoms with Gasteiger partial charge in [-0.3, -0.25) is 0 Å². The van der Waals surface area contributed by atoms with Crippen molar-refractivity contribution >= 4 is 16.5 Å². The summed E-state index contributed by atoms with van der Waals surface area (Å²) in [6.07, 6.45) is 3.48. The summed E-state index contributed by atoms with van der Waals surface area (Å²) in [4.78, 5) is 7.81. The zero-order chi connectivity index (χ0) is 10.1. The average Bonchev–Trinajstić information content (AvgIpc) is 2.96. The van der Waals surface area contributed by atoms with Gasteiger partial charge in [-0.1, -0.05) is 18.3 Å². The maximum Gasteiger partial charge on any atom is 0.185 e. The summed E-state index contributed by atoms with van der Waals surface area (Å²) < 4.78 is 0. The SMILES string of the molecule is CCc1nc(N(C)C2CC2)sc1CO. The standard InChI is InChI=1S/C10H16N2OS/c1-3-8-9(6-13)14-10(11-8)12(2)7-4-5-7/h7,13H,3-6H2,1-2H3. The third-order valence-electron chi connectivity index (χ3n) is 2.64. The van der Waals surface area contributed by atoms with Crippen LogP contribution in [0.3, 0.4) is 0 Å². The predicted molar refractivity (Wildman–Crippen MR) is 58.8 cm³/mol. The molecule has 0 aliphatic heterocycles. The van der Waals surface area contributed by atoms with Gasteiger partial charge < -0.3 is 10.0 Å². The minimum Gasteiger partial charge on any atom is -0.391 e. The van der Waals surface area contributed by atoms with E-state index in [1.54, 1.807) is 11.3 Å². The number of thiazole rings is 1. The first-order valence-corrected chi connectivity index (χ1v) is 5.90. The van der Waals surface area contributed by atoms with Crippen molar-refractivity contribution in [1.82, 2.24) is 4.98 Å². The van der Waals surface area contributed by atoms with Gasteiger partial charge in [-0.05, 0) is 19.3 Å². The Hall–Kier alpha value is -0.610. The largest absolute Gasteiger partial charge is 0.391 e. The number of anilines is 1. The van der Waals surface area contributed by atoms with Gasteiger partial charge in [0.1, 0.15) is 0 Å². The molecule has 4 heteroatoms. The Morgan fingerprint density at radius 2 is 2.29 bits per heavy atom.